The Morgan fingerprint density at radius 1 is 0.833 bits per heavy atom. The third-order valence-corrected chi connectivity index (χ3v) is 3.47. The van der Waals surface area contributed by atoms with E-state index in [0.717, 1.165) is 5.56 Å². The molecule has 4 nitrogen and oxygen atoms in total. The van der Waals surface area contributed by atoms with Crippen molar-refractivity contribution >= 4 is 0 Å². The van der Waals surface area contributed by atoms with Crippen molar-refractivity contribution in [1.82, 2.24) is 0 Å². The van der Waals surface area contributed by atoms with Gasteiger partial charge in [0, 0.05) is 11.5 Å². The number of hydrogen-bond acceptors (Lipinski definition) is 4. The topological polar surface area (TPSA) is 80.9 Å². The Morgan fingerprint density at radius 3 is 2.28 bits per heavy atom. The number of phenols is 4. The van der Waals surface area contributed by atoms with Crippen molar-refractivity contribution in [1.29, 1.82) is 0 Å². The molecule has 4 rings (SSSR count). The molecule has 18 heavy (non-hydrogen) atoms. The zero-order chi connectivity index (χ0) is 12.9. The maximum Gasteiger partial charge on any atom is 0.161 e. The summed E-state index contributed by atoms with van der Waals surface area (Å²) >= 11 is 0. The predicted octanol–water partition coefficient (Wildman–Crippen LogP) is 2.20. The van der Waals surface area contributed by atoms with Gasteiger partial charge in [-0.1, -0.05) is 18.2 Å². The van der Waals surface area contributed by atoms with E-state index in [1.165, 1.54) is 12.1 Å². The van der Waals surface area contributed by atoms with E-state index >= 15 is 0 Å². The minimum absolute atomic E-state index is 0.0632. The summed E-state index contributed by atoms with van der Waals surface area (Å²) in [5.41, 5.74) is 2.11. The molecule has 0 heterocycles. The summed E-state index contributed by atoms with van der Waals surface area (Å²) in [5, 5.41) is 38.3. The van der Waals surface area contributed by atoms with Gasteiger partial charge in [0.15, 0.2) is 23.0 Å². The number of hydrogen-bond donors (Lipinski definition) is 4. The Bertz CT molecular complexity index is 634. The first-order valence-corrected chi connectivity index (χ1v) is 5.63. The van der Waals surface area contributed by atoms with Crippen LogP contribution in [0.3, 0.4) is 0 Å². The first-order valence-electron chi connectivity index (χ1n) is 5.63. The molecule has 0 saturated heterocycles. The van der Waals surface area contributed by atoms with Gasteiger partial charge in [-0.05, 0) is 29.7 Å². The highest BCUT2D eigenvalue weighted by atomic mass is 16.3. The third-order valence-electron chi connectivity index (χ3n) is 3.47. The monoisotopic (exact) mass is 244 g/mol. The summed E-state index contributed by atoms with van der Waals surface area (Å²) in [6.07, 6.45) is 0.575. The molecule has 4 N–H and O–H groups in total. The van der Waals surface area contributed by atoms with Crippen molar-refractivity contribution in [2.75, 3.05) is 0 Å². The molecule has 4 heteroatoms. The van der Waals surface area contributed by atoms with Gasteiger partial charge in [0.25, 0.3) is 0 Å². The zero-order valence-electron chi connectivity index (χ0n) is 9.46. The first kappa shape index (κ1) is 10.8. The summed E-state index contributed by atoms with van der Waals surface area (Å²) in [6, 6.07) is 8.14. The van der Waals surface area contributed by atoms with Gasteiger partial charge < -0.3 is 20.4 Å². The van der Waals surface area contributed by atoms with E-state index in [1.807, 2.05) is 0 Å². The third kappa shape index (κ3) is 1.39. The molecule has 1 unspecified atom stereocenters. The van der Waals surface area contributed by atoms with E-state index < -0.39 is 0 Å². The summed E-state index contributed by atoms with van der Waals surface area (Å²) in [7, 11) is 0. The Labute approximate surface area is 103 Å². The Morgan fingerprint density at radius 2 is 1.61 bits per heavy atom. The van der Waals surface area contributed by atoms with Crippen LogP contribution in [0.4, 0.5) is 0 Å². The number of rotatable bonds is 1. The number of phenolic OH excluding ortho intramolecular Hbond substituents is 4. The first-order chi connectivity index (χ1) is 8.58. The van der Waals surface area contributed by atoms with Gasteiger partial charge >= 0.3 is 0 Å². The average molecular weight is 244 g/mol. The van der Waals surface area contributed by atoms with Crippen LogP contribution >= 0.6 is 0 Å². The lowest BCUT2D eigenvalue weighted by Crippen LogP contribution is -2.11. The maximum atomic E-state index is 9.83. The highest BCUT2D eigenvalue weighted by molar-refractivity contribution is 5.59. The second kappa shape index (κ2) is 3.57. The lowest BCUT2D eigenvalue weighted by Gasteiger charge is -2.26. The van der Waals surface area contributed by atoms with Crippen LogP contribution in [-0.4, -0.2) is 20.4 Å². The summed E-state index contributed by atoms with van der Waals surface area (Å²) in [6.45, 7) is 0. The van der Waals surface area contributed by atoms with Crippen LogP contribution in [0.15, 0.2) is 30.3 Å². The minimum Gasteiger partial charge on any atom is -0.504 e. The van der Waals surface area contributed by atoms with Gasteiger partial charge in [-0.15, -0.1) is 0 Å². The summed E-state index contributed by atoms with van der Waals surface area (Å²) in [4.78, 5) is 0. The van der Waals surface area contributed by atoms with Gasteiger partial charge in [0.1, 0.15) is 0 Å². The predicted molar refractivity (Wildman–Crippen MR) is 65.1 cm³/mol. The molecular formula is C14H12O4. The molecule has 0 spiro atoms. The van der Waals surface area contributed by atoms with E-state index in [2.05, 4.69) is 0 Å². The molecule has 0 radical (unpaired) electrons. The van der Waals surface area contributed by atoms with Crippen molar-refractivity contribution in [2.24, 2.45) is 0 Å². The normalized spacial score (nSPS) is 17.0. The van der Waals surface area contributed by atoms with Crippen LogP contribution in [0.2, 0.25) is 0 Å². The number of aromatic hydroxyl groups is 4. The molecular weight excluding hydrogens is 232 g/mol. The van der Waals surface area contributed by atoms with Gasteiger partial charge in [0.05, 0.1) is 0 Å². The molecule has 2 bridgehead atoms. The zero-order valence-corrected chi connectivity index (χ0v) is 9.46. The Hall–Kier alpha value is -2.36. The minimum atomic E-state index is -0.184. The average Bonchev–Trinajstić information content (AvgIpc) is 2.38. The molecule has 1 atom stereocenters. The molecule has 2 aromatic carbocycles. The lowest BCUT2D eigenvalue weighted by molar-refractivity contribution is 0.383. The van der Waals surface area contributed by atoms with Crippen LogP contribution in [0.1, 0.15) is 22.6 Å². The molecule has 0 aromatic heterocycles. The van der Waals surface area contributed by atoms with Crippen LogP contribution in [-0.2, 0) is 6.42 Å². The molecule has 0 fully saturated rings. The number of benzene rings is 2. The molecule has 0 aliphatic heterocycles. The van der Waals surface area contributed by atoms with Crippen molar-refractivity contribution in [2.45, 2.75) is 12.3 Å². The number of fused-ring (bicyclic) bond motifs is 3. The van der Waals surface area contributed by atoms with E-state index in [-0.39, 0.29) is 28.9 Å². The van der Waals surface area contributed by atoms with Crippen molar-refractivity contribution in [3.63, 3.8) is 0 Å². The quantitative estimate of drug-likeness (QED) is 0.580. The standard InChI is InChI=1S/C14H12O4/c15-11-4-2-7(6-12(11)16)10-5-8-1-3-9(10)14(18)13(8)17/h1-4,6,10,15-18H,5H2. The highest BCUT2D eigenvalue weighted by Crippen LogP contribution is 2.47. The fraction of sp³-hybridized carbons (Fsp3) is 0.143. The summed E-state index contributed by atoms with van der Waals surface area (Å²) in [5.74, 6) is -0.623. The molecule has 92 valence electrons. The second-order valence-electron chi connectivity index (χ2n) is 4.52. The lowest BCUT2D eigenvalue weighted by atomic mass is 9.79. The van der Waals surface area contributed by atoms with Crippen LogP contribution in [0.5, 0.6) is 23.0 Å². The van der Waals surface area contributed by atoms with E-state index in [1.54, 1.807) is 18.2 Å². The molecule has 0 saturated carbocycles. The smallest absolute Gasteiger partial charge is 0.161 e. The van der Waals surface area contributed by atoms with Crippen LogP contribution in [0, 0.1) is 0 Å². The van der Waals surface area contributed by atoms with E-state index in [9.17, 15) is 20.4 Å². The van der Waals surface area contributed by atoms with Gasteiger partial charge in [0.2, 0.25) is 0 Å². The van der Waals surface area contributed by atoms with Crippen molar-refractivity contribution in [3.05, 3.63) is 47.0 Å². The Kier molecular flexibility index (Phi) is 2.13. The largest absolute Gasteiger partial charge is 0.504 e. The van der Waals surface area contributed by atoms with Crippen molar-refractivity contribution < 1.29 is 20.4 Å². The van der Waals surface area contributed by atoms with Gasteiger partial charge in [-0.3, -0.25) is 0 Å². The highest BCUT2D eigenvalue weighted by Gasteiger charge is 2.28. The fourth-order valence-corrected chi connectivity index (χ4v) is 2.47. The fourth-order valence-electron chi connectivity index (χ4n) is 2.47. The van der Waals surface area contributed by atoms with Crippen LogP contribution < -0.4 is 0 Å². The van der Waals surface area contributed by atoms with E-state index in [4.69, 9.17) is 0 Å². The molecule has 2 aliphatic carbocycles. The van der Waals surface area contributed by atoms with Crippen LogP contribution in [0.25, 0.3) is 0 Å². The van der Waals surface area contributed by atoms with E-state index in [0.29, 0.717) is 17.5 Å². The molecule has 2 aliphatic rings. The van der Waals surface area contributed by atoms with Crippen molar-refractivity contribution in [3.8, 4) is 23.0 Å². The van der Waals surface area contributed by atoms with Gasteiger partial charge in [-0.2, -0.15) is 0 Å². The summed E-state index contributed by atoms with van der Waals surface area (Å²) < 4.78 is 0. The van der Waals surface area contributed by atoms with Gasteiger partial charge in [-0.25, -0.2) is 0 Å². The SMILES string of the molecule is Oc1ccc(C2Cc3ccc2c(O)c3O)cc1O. The molecule has 2 aromatic rings. The molecule has 0 amide bonds. The Balaban J connectivity index is 2.10. The second-order valence-corrected chi connectivity index (χ2v) is 4.52. The maximum absolute atomic E-state index is 9.83.